The first-order valence-corrected chi connectivity index (χ1v) is 9.72. The third-order valence-electron chi connectivity index (χ3n) is 5.29. The number of aromatic nitrogens is 1. The number of esters is 1. The van der Waals surface area contributed by atoms with Crippen molar-refractivity contribution in [3.05, 3.63) is 59.9 Å². The van der Waals surface area contributed by atoms with E-state index in [0.717, 1.165) is 5.56 Å². The summed E-state index contributed by atoms with van der Waals surface area (Å²) in [5, 5.41) is 0. The number of benzene rings is 1. The number of likely N-dealkylation sites (tertiary alicyclic amines) is 1. The lowest BCUT2D eigenvalue weighted by molar-refractivity contribution is -0.151. The maximum Gasteiger partial charge on any atom is 0.309 e. The lowest BCUT2D eigenvalue weighted by Crippen LogP contribution is -2.41. The predicted octanol–water partition coefficient (Wildman–Crippen LogP) is 3.58. The number of ether oxygens (including phenoxy) is 1. The Kier molecular flexibility index (Phi) is 6.32. The molecular formula is C22H28N2O3. The predicted molar refractivity (Wildman–Crippen MR) is 104 cm³/mol. The highest BCUT2D eigenvalue weighted by Crippen LogP contribution is 2.26. The summed E-state index contributed by atoms with van der Waals surface area (Å²) in [5.41, 5.74) is 2.34. The standard InChI is InChI=1S/C22H28N2O3/c1-3-27-22(26)19-10-14-24(15-11-19)21(25)16-20(23-12-4-5-13-23)18-8-6-17(2)7-9-18/h4-9,12-13,19-20H,3,10-11,14-16H2,1-2H3/t20-/m1/s1. The minimum absolute atomic E-state index is 0.0177. The average Bonchev–Trinajstić information content (AvgIpc) is 3.21. The smallest absolute Gasteiger partial charge is 0.309 e. The quantitative estimate of drug-likeness (QED) is 0.733. The summed E-state index contributed by atoms with van der Waals surface area (Å²) in [4.78, 5) is 26.7. The Labute approximate surface area is 160 Å². The van der Waals surface area contributed by atoms with Crippen molar-refractivity contribution in [3.8, 4) is 0 Å². The molecule has 5 nitrogen and oxygen atoms in total. The van der Waals surface area contributed by atoms with Crippen molar-refractivity contribution < 1.29 is 14.3 Å². The third-order valence-corrected chi connectivity index (χ3v) is 5.29. The Morgan fingerprint density at radius 3 is 2.33 bits per heavy atom. The van der Waals surface area contributed by atoms with E-state index in [1.54, 1.807) is 0 Å². The van der Waals surface area contributed by atoms with Crippen LogP contribution in [-0.2, 0) is 14.3 Å². The monoisotopic (exact) mass is 368 g/mol. The summed E-state index contributed by atoms with van der Waals surface area (Å²) >= 11 is 0. The van der Waals surface area contributed by atoms with Crippen LogP contribution in [0.4, 0.5) is 0 Å². The van der Waals surface area contributed by atoms with Crippen LogP contribution in [0.2, 0.25) is 0 Å². The van der Waals surface area contributed by atoms with Crippen LogP contribution in [0, 0.1) is 12.8 Å². The van der Waals surface area contributed by atoms with Gasteiger partial charge in [0.25, 0.3) is 0 Å². The molecule has 0 unspecified atom stereocenters. The average molecular weight is 368 g/mol. The van der Waals surface area contributed by atoms with E-state index in [4.69, 9.17) is 4.74 Å². The molecular weight excluding hydrogens is 340 g/mol. The number of piperidine rings is 1. The lowest BCUT2D eigenvalue weighted by Gasteiger charge is -2.32. The number of carbonyl (C=O) groups excluding carboxylic acids is 2. The molecule has 5 heteroatoms. The molecule has 1 aliphatic rings. The zero-order chi connectivity index (χ0) is 19.2. The molecule has 2 aromatic rings. The summed E-state index contributed by atoms with van der Waals surface area (Å²) in [6.07, 6.45) is 5.80. The van der Waals surface area contributed by atoms with Crippen molar-refractivity contribution >= 4 is 11.9 Å². The normalized spacial score (nSPS) is 16.1. The molecule has 1 aliphatic heterocycles. The molecule has 0 saturated carbocycles. The number of carbonyl (C=O) groups is 2. The zero-order valence-corrected chi connectivity index (χ0v) is 16.1. The van der Waals surface area contributed by atoms with E-state index >= 15 is 0 Å². The molecule has 1 saturated heterocycles. The summed E-state index contributed by atoms with van der Waals surface area (Å²) < 4.78 is 7.20. The van der Waals surface area contributed by atoms with Gasteiger partial charge in [0, 0.05) is 25.5 Å². The van der Waals surface area contributed by atoms with E-state index in [1.807, 2.05) is 36.4 Å². The number of rotatable bonds is 6. The molecule has 1 aromatic carbocycles. The highest BCUT2D eigenvalue weighted by Gasteiger charge is 2.29. The number of hydrogen-bond donors (Lipinski definition) is 0. The van der Waals surface area contributed by atoms with Crippen LogP contribution >= 0.6 is 0 Å². The Hall–Kier alpha value is -2.56. The van der Waals surface area contributed by atoms with E-state index in [0.29, 0.717) is 39.0 Å². The largest absolute Gasteiger partial charge is 0.466 e. The fourth-order valence-corrected chi connectivity index (χ4v) is 3.66. The van der Waals surface area contributed by atoms with Crippen LogP contribution < -0.4 is 0 Å². The molecule has 27 heavy (non-hydrogen) atoms. The highest BCUT2D eigenvalue weighted by molar-refractivity contribution is 5.78. The Morgan fingerprint density at radius 1 is 1.11 bits per heavy atom. The molecule has 1 aromatic heterocycles. The van der Waals surface area contributed by atoms with Crippen LogP contribution in [0.1, 0.15) is 43.4 Å². The number of hydrogen-bond acceptors (Lipinski definition) is 3. The molecule has 1 fully saturated rings. The molecule has 0 spiro atoms. The van der Waals surface area contributed by atoms with Gasteiger partial charge in [-0.3, -0.25) is 9.59 Å². The molecule has 1 atom stereocenters. The van der Waals surface area contributed by atoms with Gasteiger partial charge in [-0.05, 0) is 44.4 Å². The summed E-state index contributed by atoms with van der Waals surface area (Å²) in [6.45, 7) is 5.53. The third kappa shape index (κ3) is 4.79. The highest BCUT2D eigenvalue weighted by atomic mass is 16.5. The molecule has 1 amide bonds. The summed E-state index contributed by atoms with van der Waals surface area (Å²) in [6, 6.07) is 12.3. The molecule has 0 aliphatic carbocycles. The maximum absolute atomic E-state index is 12.9. The number of aryl methyl sites for hydroxylation is 1. The number of amides is 1. The Balaban J connectivity index is 1.65. The van der Waals surface area contributed by atoms with Crippen molar-refractivity contribution in [1.29, 1.82) is 0 Å². The van der Waals surface area contributed by atoms with E-state index in [1.165, 1.54) is 5.56 Å². The molecule has 3 rings (SSSR count). The fourth-order valence-electron chi connectivity index (χ4n) is 3.66. The second-order valence-corrected chi connectivity index (χ2v) is 7.17. The lowest BCUT2D eigenvalue weighted by atomic mass is 9.95. The van der Waals surface area contributed by atoms with E-state index < -0.39 is 0 Å². The van der Waals surface area contributed by atoms with E-state index in [9.17, 15) is 9.59 Å². The SMILES string of the molecule is CCOC(=O)C1CCN(C(=O)C[C@H](c2ccc(C)cc2)n2cccc2)CC1. The van der Waals surface area contributed by atoms with Gasteiger partial charge in [0.2, 0.25) is 5.91 Å². The zero-order valence-electron chi connectivity index (χ0n) is 16.1. The number of nitrogens with zero attached hydrogens (tertiary/aromatic N) is 2. The van der Waals surface area contributed by atoms with Gasteiger partial charge in [0.1, 0.15) is 0 Å². The van der Waals surface area contributed by atoms with Crippen molar-refractivity contribution in [3.63, 3.8) is 0 Å². The minimum Gasteiger partial charge on any atom is -0.466 e. The van der Waals surface area contributed by atoms with Crippen LogP contribution in [0.5, 0.6) is 0 Å². The Morgan fingerprint density at radius 2 is 1.74 bits per heavy atom. The second kappa shape index (κ2) is 8.89. The van der Waals surface area contributed by atoms with Gasteiger partial charge in [-0.2, -0.15) is 0 Å². The van der Waals surface area contributed by atoms with E-state index in [-0.39, 0.29) is 23.8 Å². The van der Waals surface area contributed by atoms with Crippen LogP contribution in [0.3, 0.4) is 0 Å². The van der Waals surface area contributed by atoms with Crippen molar-refractivity contribution in [2.24, 2.45) is 5.92 Å². The first kappa shape index (κ1) is 19.2. The molecule has 144 valence electrons. The van der Waals surface area contributed by atoms with Crippen molar-refractivity contribution in [2.75, 3.05) is 19.7 Å². The molecule has 2 heterocycles. The first-order valence-electron chi connectivity index (χ1n) is 9.72. The van der Waals surface area contributed by atoms with Gasteiger partial charge in [0.15, 0.2) is 0 Å². The van der Waals surface area contributed by atoms with Crippen molar-refractivity contribution in [1.82, 2.24) is 9.47 Å². The van der Waals surface area contributed by atoms with Crippen LogP contribution in [0.25, 0.3) is 0 Å². The fraction of sp³-hybridized carbons (Fsp3) is 0.455. The summed E-state index contributed by atoms with van der Waals surface area (Å²) in [5.74, 6) is -0.0719. The van der Waals surface area contributed by atoms with Gasteiger partial charge in [-0.15, -0.1) is 0 Å². The van der Waals surface area contributed by atoms with Crippen LogP contribution in [0.15, 0.2) is 48.8 Å². The van der Waals surface area contributed by atoms with Crippen LogP contribution in [-0.4, -0.2) is 41.0 Å². The maximum atomic E-state index is 12.9. The topological polar surface area (TPSA) is 51.5 Å². The first-order chi connectivity index (χ1) is 13.1. The van der Waals surface area contributed by atoms with Gasteiger partial charge >= 0.3 is 5.97 Å². The summed E-state index contributed by atoms with van der Waals surface area (Å²) in [7, 11) is 0. The molecule has 0 radical (unpaired) electrons. The van der Waals surface area contributed by atoms with Gasteiger partial charge in [0.05, 0.1) is 25.0 Å². The Bertz CT molecular complexity index is 744. The minimum atomic E-state index is -0.130. The molecule has 0 N–H and O–H groups in total. The van der Waals surface area contributed by atoms with Crippen molar-refractivity contribution in [2.45, 2.75) is 39.2 Å². The van der Waals surface area contributed by atoms with Gasteiger partial charge in [-0.25, -0.2) is 0 Å². The van der Waals surface area contributed by atoms with Gasteiger partial charge in [-0.1, -0.05) is 29.8 Å². The van der Waals surface area contributed by atoms with Gasteiger partial charge < -0.3 is 14.2 Å². The second-order valence-electron chi connectivity index (χ2n) is 7.17. The molecule has 0 bridgehead atoms. The van der Waals surface area contributed by atoms with E-state index in [2.05, 4.69) is 35.8 Å².